The van der Waals surface area contributed by atoms with Gasteiger partial charge in [-0.15, -0.1) is 0 Å². The summed E-state index contributed by atoms with van der Waals surface area (Å²) in [6.45, 7) is 7.31. The molecule has 1 aromatic heterocycles. The number of carbonyl (C=O) groups is 1. The lowest BCUT2D eigenvalue weighted by atomic mass is 9.95. The van der Waals surface area contributed by atoms with Crippen molar-refractivity contribution in [3.05, 3.63) is 24.4 Å². The molecule has 0 bridgehead atoms. The molecule has 0 spiro atoms. The minimum Gasteiger partial charge on any atom is -0.356 e. The van der Waals surface area contributed by atoms with Crippen LogP contribution in [0.3, 0.4) is 0 Å². The van der Waals surface area contributed by atoms with Crippen molar-refractivity contribution in [3.8, 4) is 0 Å². The summed E-state index contributed by atoms with van der Waals surface area (Å²) in [5.74, 6) is 1.32. The Balaban J connectivity index is 1.51. The average Bonchev–Trinajstić information content (AvgIpc) is 2.63. The molecule has 23 heavy (non-hydrogen) atoms. The highest BCUT2D eigenvalue weighted by Crippen LogP contribution is 2.22. The molecule has 3 heterocycles. The number of carbonyl (C=O) groups excluding carboxylic acids is 1. The number of pyridine rings is 1. The minimum atomic E-state index is 0.0926. The molecular formula is C18H28N4O. The fourth-order valence-corrected chi connectivity index (χ4v) is 3.65. The van der Waals surface area contributed by atoms with E-state index in [0.717, 1.165) is 64.2 Å². The second kappa shape index (κ2) is 7.77. The quantitative estimate of drug-likeness (QED) is 0.922. The Kier molecular flexibility index (Phi) is 5.49. The fraction of sp³-hybridized carbons (Fsp3) is 0.667. The van der Waals surface area contributed by atoms with E-state index in [0.29, 0.717) is 6.04 Å². The molecule has 2 saturated heterocycles. The van der Waals surface area contributed by atoms with Crippen molar-refractivity contribution >= 4 is 11.7 Å². The summed E-state index contributed by atoms with van der Waals surface area (Å²) >= 11 is 0. The van der Waals surface area contributed by atoms with Gasteiger partial charge in [-0.05, 0) is 44.4 Å². The number of hydrogen-bond acceptors (Lipinski definition) is 4. The molecule has 1 amide bonds. The van der Waals surface area contributed by atoms with Crippen LogP contribution in [0.15, 0.2) is 24.4 Å². The molecule has 5 nitrogen and oxygen atoms in total. The van der Waals surface area contributed by atoms with Gasteiger partial charge in [-0.25, -0.2) is 4.98 Å². The fourth-order valence-electron chi connectivity index (χ4n) is 3.65. The highest BCUT2D eigenvalue weighted by Gasteiger charge is 2.28. The van der Waals surface area contributed by atoms with Crippen molar-refractivity contribution in [1.82, 2.24) is 15.2 Å². The average molecular weight is 316 g/mol. The number of nitrogens with one attached hydrogen (secondary N) is 1. The number of likely N-dealkylation sites (tertiary alicyclic amines) is 1. The van der Waals surface area contributed by atoms with Crippen LogP contribution in [0.2, 0.25) is 0 Å². The lowest BCUT2D eigenvalue weighted by molar-refractivity contribution is -0.126. The lowest BCUT2D eigenvalue weighted by Crippen LogP contribution is -2.49. The standard InChI is InChI=1S/C18H28N4O/c1-2-21-12-8-16(9-13-21)20-18(23)15-6-5-11-22(14-15)17-7-3-4-10-19-17/h3-4,7,10,15-16H,2,5-6,8-9,11-14H2,1H3,(H,20,23)/t15-/m1/s1. The Bertz CT molecular complexity index is 499. The molecule has 2 fully saturated rings. The number of anilines is 1. The maximum Gasteiger partial charge on any atom is 0.225 e. The first-order valence-corrected chi connectivity index (χ1v) is 8.95. The minimum absolute atomic E-state index is 0.0926. The second-order valence-corrected chi connectivity index (χ2v) is 6.69. The van der Waals surface area contributed by atoms with E-state index in [2.05, 4.69) is 27.0 Å². The van der Waals surface area contributed by atoms with Gasteiger partial charge in [-0.3, -0.25) is 4.79 Å². The number of hydrogen-bond donors (Lipinski definition) is 1. The molecule has 2 aliphatic heterocycles. The highest BCUT2D eigenvalue weighted by molar-refractivity contribution is 5.79. The van der Waals surface area contributed by atoms with Gasteiger partial charge < -0.3 is 15.1 Å². The van der Waals surface area contributed by atoms with Crippen LogP contribution in [0.25, 0.3) is 0 Å². The van der Waals surface area contributed by atoms with Crippen LogP contribution in [0.4, 0.5) is 5.82 Å². The third-order valence-electron chi connectivity index (χ3n) is 5.15. The summed E-state index contributed by atoms with van der Waals surface area (Å²) in [6.07, 6.45) is 6.03. The van der Waals surface area contributed by atoms with E-state index in [9.17, 15) is 4.79 Å². The van der Waals surface area contributed by atoms with Gasteiger partial charge in [0, 0.05) is 38.4 Å². The second-order valence-electron chi connectivity index (χ2n) is 6.69. The molecule has 0 aliphatic carbocycles. The number of nitrogens with zero attached hydrogens (tertiary/aromatic N) is 3. The van der Waals surface area contributed by atoms with Gasteiger partial charge in [0.05, 0.1) is 5.92 Å². The van der Waals surface area contributed by atoms with Crippen molar-refractivity contribution < 1.29 is 4.79 Å². The maximum absolute atomic E-state index is 12.6. The molecule has 0 unspecified atom stereocenters. The van der Waals surface area contributed by atoms with Gasteiger partial charge in [-0.2, -0.15) is 0 Å². The SMILES string of the molecule is CCN1CCC(NC(=O)[C@@H]2CCCN(c3ccccn3)C2)CC1. The first-order chi connectivity index (χ1) is 11.3. The van der Waals surface area contributed by atoms with Crippen LogP contribution < -0.4 is 10.2 Å². The molecule has 2 aliphatic rings. The summed E-state index contributed by atoms with van der Waals surface area (Å²) < 4.78 is 0. The van der Waals surface area contributed by atoms with E-state index < -0.39 is 0 Å². The van der Waals surface area contributed by atoms with Gasteiger partial charge in [-0.1, -0.05) is 13.0 Å². The highest BCUT2D eigenvalue weighted by atomic mass is 16.2. The summed E-state index contributed by atoms with van der Waals surface area (Å²) in [4.78, 5) is 21.7. The molecule has 1 N–H and O–H groups in total. The number of rotatable bonds is 4. The summed E-state index contributed by atoms with van der Waals surface area (Å²) in [7, 11) is 0. The lowest BCUT2D eigenvalue weighted by Gasteiger charge is -2.35. The molecule has 0 aromatic carbocycles. The summed E-state index contributed by atoms with van der Waals surface area (Å²) in [6, 6.07) is 6.32. The predicted molar refractivity (Wildman–Crippen MR) is 92.5 cm³/mol. The molecular weight excluding hydrogens is 288 g/mol. The van der Waals surface area contributed by atoms with Gasteiger partial charge >= 0.3 is 0 Å². The largest absolute Gasteiger partial charge is 0.356 e. The smallest absolute Gasteiger partial charge is 0.225 e. The van der Waals surface area contributed by atoms with Crippen LogP contribution >= 0.6 is 0 Å². The molecule has 1 atom stereocenters. The van der Waals surface area contributed by atoms with E-state index in [1.807, 2.05) is 24.4 Å². The number of piperidine rings is 2. The van der Waals surface area contributed by atoms with E-state index in [1.165, 1.54) is 0 Å². The van der Waals surface area contributed by atoms with Crippen molar-refractivity contribution in [2.75, 3.05) is 37.6 Å². The zero-order valence-electron chi connectivity index (χ0n) is 14.1. The van der Waals surface area contributed by atoms with Gasteiger partial charge in [0.2, 0.25) is 5.91 Å². The predicted octanol–water partition coefficient (Wildman–Crippen LogP) is 1.90. The summed E-state index contributed by atoms with van der Waals surface area (Å²) in [5.41, 5.74) is 0. The Labute approximate surface area is 139 Å². The monoisotopic (exact) mass is 316 g/mol. The van der Waals surface area contributed by atoms with Gasteiger partial charge in [0.15, 0.2) is 0 Å². The van der Waals surface area contributed by atoms with Crippen molar-refractivity contribution in [1.29, 1.82) is 0 Å². The maximum atomic E-state index is 12.6. The molecule has 0 saturated carbocycles. The number of amides is 1. The van der Waals surface area contributed by atoms with Gasteiger partial charge in [0.25, 0.3) is 0 Å². The van der Waals surface area contributed by atoms with Crippen LogP contribution in [-0.4, -0.2) is 54.6 Å². The van der Waals surface area contributed by atoms with Crippen LogP contribution in [0.1, 0.15) is 32.6 Å². The topological polar surface area (TPSA) is 48.5 Å². The molecule has 126 valence electrons. The van der Waals surface area contributed by atoms with E-state index in [1.54, 1.807) is 0 Å². The normalized spacial score (nSPS) is 23.7. The Morgan fingerprint density at radius 2 is 2.09 bits per heavy atom. The van der Waals surface area contributed by atoms with E-state index in [-0.39, 0.29) is 11.8 Å². The van der Waals surface area contributed by atoms with Gasteiger partial charge in [0.1, 0.15) is 5.82 Å². The zero-order valence-corrected chi connectivity index (χ0v) is 14.1. The number of aromatic nitrogens is 1. The molecule has 0 radical (unpaired) electrons. The van der Waals surface area contributed by atoms with Crippen LogP contribution in [-0.2, 0) is 4.79 Å². The third-order valence-corrected chi connectivity index (χ3v) is 5.15. The summed E-state index contributed by atoms with van der Waals surface area (Å²) in [5, 5.41) is 3.29. The first-order valence-electron chi connectivity index (χ1n) is 8.95. The van der Waals surface area contributed by atoms with Crippen molar-refractivity contribution in [2.24, 2.45) is 5.92 Å². The Hall–Kier alpha value is -1.62. The molecule has 5 heteroatoms. The van der Waals surface area contributed by atoms with Crippen LogP contribution in [0.5, 0.6) is 0 Å². The van der Waals surface area contributed by atoms with Crippen molar-refractivity contribution in [3.63, 3.8) is 0 Å². The third kappa shape index (κ3) is 4.22. The zero-order chi connectivity index (χ0) is 16.1. The van der Waals surface area contributed by atoms with E-state index in [4.69, 9.17) is 0 Å². The first kappa shape index (κ1) is 16.2. The van der Waals surface area contributed by atoms with Crippen LogP contribution in [0, 0.1) is 5.92 Å². The van der Waals surface area contributed by atoms with Crippen molar-refractivity contribution in [2.45, 2.75) is 38.6 Å². The molecule has 3 rings (SSSR count). The molecule has 1 aromatic rings. The van der Waals surface area contributed by atoms with E-state index >= 15 is 0 Å². The Morgan fingerprint density at radius 3 is 2.78 bits per heavy atom. The Morgan fingerprint density at radius 1 is 1.26 bits per heavy atom.